The Labute approximate surface area is 187 Å². The smallest absolute Gasteiger partial charge is 1.00 e. The van der Waals surface area contributed by atoms with Crippen LogP contribution in [0.3, 0.4) is 0 Å². The Bertz CT molecular complexity index is 763. The fourth-order valence-electron chi connectivity index (χ4n) is 1.67. The number of hydrogen-bond acceptors (Lipinski definition) is 10. The molecule has 2 aromatic rings. The van der Waals surface area contributed by atoms with Crippen LogP contribution in [-0.4, -0.2) is 60.9 Å². The van der Waals surface area contributed by atoms with E-state index in [-0.39, 0.29) is 58.9 Å². The van der Waals surface area contributed by atoms with Crippen molar-refractivity contribution in [1.82, 2.24) is 15.0 Å². The molecule has 1 aromatic heterocycles. The third-order valence-electron chi connectivity index (χ3n) is 2.61. The average molecular weight is 481 g/mol. The van der Waals surface area contributed by atoms with E-state index >= 15 is 0 Å². The molecular formula is C13H15AsN6NaO4S2+. The van der Waals surface area contributed by atoms with Gasteiger partial charge in [0.05, 0.1) is 0 Å². The molecule has 14 heteroatoms. The Morgan fingerprint density at radius 1 is 0.963 bits per heavy atom. The number of benzene rings is 1. The number of carboxylic acids is 2. The van der Waals surface area contributed by atoms with Gasteiger partial charge in [-0.3, -0.25) is 0 Å². The third kappa shape index (κ3) is 8.58. The van der Waals surface area contributed by atoms with E-state index in [0.717, 1.165) is 4.35 Å². The molecule has 2 rings (SSSR count). The van der Waals surface area contributed by atoms with Gasteiger partial charge in [0, 0.05) is 0 Å². The summed E-state index contributed by atoms with van der Waals surface area (Å²) in [5.74, 6) is -1.76. The molecule has 0 aliphatic carbocycles. The van der Waals surface area contributed by atoms with Crippen LogP contribution in [-0.2, 0) is 9.59 Å². The van der Waals surface area contributed by atoms with Gasteiger partial charge in [0.15, 0.2) is 0 Å². The van der Waals surface area contributed by atoms with Gasteiger partial charge in [0.2, 0.25) is 0 Å². The second kappa shape index (κ2) is 11.6. The summed E-state index contributed by atoms with van der Waals surface area (Å²) in [5, 5.41) is 20.7. The van der Waals surface area contributed by atoms with Crippen LogP contribution in [0.2, 0.25) is 0 Å². The number of rotatable bonds is 9. The fraction of sp³-hybridized carbons (Fsp3) is 0.154. The summed E-state index contributed by atoms with van der Waals surface area (Å²) >= 11 is -1.94. The zero-order valence-corrected chi connectivity index (χ0v) is 19.7. The Morgan fingerprint density at radius 3 is 1.89 bits per heavy atom. The van der Waals surface area contributed by atoms with Gasteiger partial charge in [0.25, 0.3) is 0 Å². The zero-order valence-electron chi connectivity index (χ0n) is 14.2. The number of hydrogen-bond donors (Lipinski definition) is 5. The van der Waals surface area contributed by atoms with Crippen LogP contribution in [0.25, 0.3) is 0 Å². The maximum atomic E-state index is 10.8. The molecule has 0 radical (unpaired) electrons. The molecule has 0 spiro atoms. The second-order valence-electron chi connectivity index (χ2n) is 4.64. The van der Waals surface area contributed by atoms with Crippen molar-refractivity contribution in [2.24, 2.45) is 0 Å². The third-order valence-corrected chi connectivity index (χ3v) is 15.4. The van der Waals surface area contributed by atoms with Crippen molar-refractivity contribution in [2.45, 2.75) is 0 Å². The predicted octanol–water partition coefficient (Wildman–Crippen LogP) is -2.89. The Morgan fingerprint density at radius 2 is 1.44 bits per heavy atom. The minimum absolute atomic E-state index is 0. The summed E-state index contributed by atoms with van der Waals surface area (Å²) in [6.45, 7) is 0. The van der Waals surface area contributed by atoms with Gasteiger partial charge in [0.1, 0.15) is 0 Å². The normalized spacial score (nSPS) is 10.3. The largest absolute Gasteiger partial charge is 1.00 e. The van der Waals surface area contributed by atoms with E-state index in [9.17, 15) is 9.59 Å². The number of nitrogens with one attached hydrogen (secondary N) is 1. The van der Waals surface area contributed by atoms with Crippen molar-refractivity contribution in [3.63, 3.8) is 0 Å². The maximum Gasteiger partial charge on any atom is 1.00 e. The van der Waals surface area contributed by atoms with Crippen LogP contribution >= 0.6 is 20.0 Å². The Kier molecular flexibility index (Phi) is 10.3. The standard InChI is InChI=1S/C13H15AsN6O4S2.Na/c15-11-18-12(16)20-13(19-11)17-8-3-1-7(2-4-8)14(25-5-9(21)22)26-6-10(23)24;/h1-4H,5-6H2,(H,21,22)(H,23,24)(H5,15,16,17,18,19,20);/q;+1. The summed E-state index contributed by atoms with van der Waals surface area (Å²) in [6, 6.07) is 7.21. The first-order chi connectivity index (χ1) is 12.3. The molecular weight excluding hydrogens is 466 g/mol. The van der Waals surface area contributed by atoms with Crippen molar-refractivity contribution < 1.29 is 49.4 Å². The molecule has 0 fully saturated rings. The number of anilines is 4. The van der Waals surface area contributed by atoms with Crippen molar-refractivity contribution >= 4 is 72.2 Å². The number of nitrogens with zero attached hydrogens (tertiary/aromatic N) is 3. The summed E-state index contributed by atoms with van der Waals surface area (Å²) in [4.78, 5) is 33.1. The van der Waals surface area contributed by atoms with E-state index in [1.165, 1.54) is 20.0 Å². The molecule has 0 aliphatic rings. The SMILES string of the molecule is Nc1nc(N)nc(Nc2ccc([As](SCC(=O)O)SCC(=O)O)cc2)n1.[Na+]. The molecule has 0 unspecified atom stereocenters. The molecule has 0 aliphatic heterocycles. The summed E-state index contributed by atoms with van der Waals surface area (Å²) in [5.41, 5.74) is 11.7. The fourth-order valence-corrected chi connectivity index (χ4v) is 12.6. The zero-order chi connectivity index (χ0) is 19.1. The number of carbonyl (C=O) groups is 2. The van der Waals surface area contributed by atoms with Crippen molar-refractivity contribution in [1.29, 1.82) is 0 Å². The monoisotopic (exact) mass is 481 g/mol. The van der Waals surface area contributed by atoms with Gasteiger partial charge < -0.3 is 0 Å². The van der Waals surface area contributed by atoms with Gasteiger partial charge in [-0.25, -0.2) is 0 Å². The van der Waals surface area contributed by atoms with Gasteiger partial charge in [-0.2, -0.15) is 0 Å². The first-order valence-corrected chi connectivity index (χ1v) is 14.4. The van der Waals surface area contributed by atoms with Crippen LogP contribution in [0, 0.1) is 0 Å². The Balaban J connectivity index is 0.00000364. The topological polar surface area (TPSA) is 177 Å². The summed E-state index contributed by atoms with van der Waals surface area (Å²) < 4.78 is 0.940. The summed E-state index contributed by atoms with van der Waals surface area (Å²) in [7, 11) is 2.60. The van der Waals surface area contributed by atoms with Crippen LogP contribution in [0.1, 0.15) is 0 Å². The van der Waals surface area contributed by atoms with Crippen LogP contribution in [0.15, 0.2) is 24.3 Å². The van der Waals surface area contributed by atoms with E-state index in [1.807, 2.05) is 12.1 Å². The molecule has 0 amide bonds. The molecule has 138 valence electrons. The molecule has 0 saturated carbocycles. The first kappa shape index (κ1) is 23.9. The molecule has 10 nitrogen and oxygen atoms in total. The first-order valence-electron chi connectivity index (χ1n) is 6.97. The molecule has 1 aromatic carbocycles. The Hall–Kier alpha value is -1.17. The van der Waals surface area contributed by atoms with Gasteiger partial charge in [-0.05, 0) is 0 Å². The summed E-state index contributed by atoms with van der Waals surface area (Å²) in [6.07, 6.45) is 0. The van der Waals surface area contributed by atoms with Gasteiger partial charge in [-0.15, -0.1) is 0 Å². The molecule has 7 N–H and O–H groups in total. The predicted molar refractivity (Wildman–Crippen MR) is 104 cm³/mol. The molecule has 0 saturated heterocycles. The number of nitrogen functional groups attached to an aromatic ring is 2. The van der Waals surface area contributed by atoms with E-state index < -0.39 is 24.3 Å². The number of nitrogens with two attached hydrogens (primary N) is 2. The molecule has 0 bridgehead atoms. The van der Waals surface area contributed by atoms with Crippen LogP contribution < -0.4 is 50.7 Å². The van der Waals surface area contributed by atoms with Crippen LogP contribution in [0.4, 0.5) is 23.5 Å². The van der Waals surface area contributed by atoms with Crippen molar-refractivity contribution in [2.75, 3.05) is 28.3 Å². The van der Waals surface area contributed by atoms with Crippen molar-refractivity contribution in [3.8, 4) is 0 Å². The minimum Gasteiger partial charge on any atom is 1.00 e. The van der Waals surface area contributed by atoms with Crippen LogP contribution in [0.5, 0.6) is 0 Å². The molecule has 0 atom stereocenters. The van der Waals surface area contributed by atoms with E-state index in [0.29, 0.717) is 5.69 Å². The number of carboxylic acid groups (broad SMARTS) is 2. The van der Waals surface area contributed by atoms with Crippen molar-refractivity contribution in [3.05, 3.63) is 24.3 Å². The van der Waals surface area contributed by atoms with Gasteiger partial charge in [-0.1, -0.05) is 0 Å². The molecule has 27 heavy (non-hydrogen) atoms. The maximum absolute atomic E-state index is 10.8. The van der Waals surface area contributed by atoms with E-state index in [4.69, 9.17) is 21.7 Å². The number of aromatic nitrogens is 3. The average Bonchev–Trinajstić information content (AvgIpc) is 2.54. The number of aliphatic carboxylic acids is 2. The minimum atomic E-state index is -1.94. The van der Waals surface area contributed by atoms with E-state index in [1.54, 1.807) is 12.1 Å². The molecule has 1 heterocycles. The second-order valence-corrected chi connectivity index (χ2v) is 16.1. The quantitative estimate of drug-likeness (QED) is 0.232. The van der Waals surface area contributed by atoms with E-state index in [2.05, 4.69) is 20.3 Å². The van der Waals surface area contributed by atoms with Gasteiger partial charge >= 0.3 is 189 Å².